The highest BCUT2D eigenvalue weighted by atomic mass is 35.5. The number of aromatic nitrogens is 4. The van der Waals surface area contributed by atoms with Crippen molar-refractivity contribution in [3.63, 3.8) is 0 Å². The molecule has 24 heavy (non-hydrogen) atoms. The van der Waals surface area contributed by atoms with Crippen LogP contribution in [-0.4, -0.2) is 31.4 Å². The average molecular weight is 338 g/mol. The number of pyridine rings is 2. The van der Waals surface area contributed by atoms with Crippen molar-refractivity contribution < 1.29 is 0 Å². The predicted octanol–water partition coefficient (Wildman–Crippen LogP) is 3.15. The lowest BCUT2D eigenvalue weighted by Gasteiger charge is -2.28. The lowest BCUT2D eigenvalue weighted by Crippen LogP contribution is -2.31. The molecule has 0 bridgehead atoms. The zero-order chi connectivity index (χ0) is 16.4. The molecule has 0 unspecified atom stereocenters. The van der Waals surface area contributed by atoms with Crippen molar-refractivity contribution in [3.8, 4) is 11.4 Å². The first-order chi connectivity index (χ1) is 11.8. The fourth-order valence-corrected chi connectivity index (χ4v) is 3.15. The summed E-state index contributed by atoms with van der Waals surface area (Å²) in [4.78, 5) is 19.8. The van der Waals surface area contributed by atoms with E-state index in [1.54, 1.807) is 18.6 Å². The SMILES string of the molecule is Clc1cncc(CN2CCc3nc(-c4ccncc4)ncc3C2)c1. The lowest BCUT2D eigenvalue weighted by molar-refractivity contribution is 0.242. The van der Waals surface area contributed by atoms with Crippen molar-refractivity contribution in [1.82, 2.24) is 24.8 Å². The Morgan fingerprint density at radius 3 is 2.79 bits per heavy atom. The highest BCUT2D eigenvalue weighted by molar-refractivity contribution is 6.30. The summed E-state index contributed by atoms with van der Waals surface area (Å²) >= 11 is 6.01. The lowest BCUT2D eigenvalue weighted by atomic mass is 10.1. The molecule has 0 saturated heterocycles. The standard InChI is InChI=1S/C18H16ClN5/c19-16-7-13(8-21-10-16)11-24-6-3-17-15(12-24)9-22-18(23-17)14-1-4-20-5-2-14/h1-2,4-5,7-10H,3,6,11-12H2. The summed E-state index contributed by atoms with van der Waals surface area (Å²) < 4.78 is 0. The molecule has 5 nitrogen and oxygen atoms in total. The number of rotatable bonds is 3. The molecule has 4 heterocycles. The molecular formula is C18H16ClN5. The monoisotopic (exact) mass is 337 g/mol. The number of fused-ring (bicyclic) bond motifs is 1. The topological polar surface area (TPSA) is 54.8 Å². The van der Waals surface area contributed by atoms with Crippen LogP contribution in [0.4, 0.5) is 0 Å². The molecule has 0 atom stereocenters. The van der Waals surface area contributed by atoms with Gasteiger partial charge in [-0.15, -0.1) is 0 Å². The molecule has 4 rings (SSSR count). The number of hydrogen-bond donors (Lipinski definition) is 0. The van der Waals surface area contributed by atoms with Crippen molar-refractivity contribution in [1.29, 1.82) is 0 Å². The molecule has 0 aliphatic carbocycles. The molecule has 1 aliphatic heterocycles. The second-order valence-electron chi connectivity index (χ2n) is 5.87. The first-order valence-electron chi connectivity index (χ1n) is 7.85. The van der Waals surface area contributed by atoms with Crippen molar-refractivity contribution in [3.05, 3.63) is 71.0 Å². The van der Waals surface area contributed by atoms with Crippen LogP contribution in [0.25, 0.3) is 11.4 Å². The molecule has 3 aromatic heterocycles. The Balaban J connectivity index is 1.52. The third-order valence-electron chi connectivity index (χ3n) is 4.12. The van der Waals surface area contributed by atoms with E-state index < -0.39 is 0 Å². The van der Waals surface area contributed by atoms with Gasteiger partial charge in [0.1, 0.15) is 0 Å². The van der Waals surface area contributed by atoms with E-state index in [9.17, 15) is 0 Å². The Labute approximate surface area is 145 Å². The third kappa shape index (κ3) is 3.27. The Kier molecular flexibility index (Phi) is 4.19. The van der Waals surface area contributed by atoms with Gasteiger partial charge in [0, 0.05) is 68.2 Å². The smallest absolute Gasteiger partial charge is 0.159 e. The van der Waals surface area contributed by atoms with Crippen LogP contribution in [0, 0.1) is 0 Å². The van der Waals surface area contributed by atoms with Gasteiger partial charge in [-0.05, 0) is 23.8 Å². The molecule has 0 amide bonds. The Hall–Kier alpha value is -2.37. The summed E-state index contributed by atoms with van der Waals surface area (Å²) in [7, 11) is 0. The van der Waals surface area contributed by atoms with E-state index >= 15 is 0 Å². The highest BCUT2D eigenvalue weighted by Crippen LogP contribution is 2.22. The fraction of sp³-hybridized carbons (Fsp3) is 0.222. The molecule has 0 radical (unpaired) electrons. The van der Waals surface area contributed by atoms with E-state index in [1.807, 2.05) is 30.6 Å². The van der Waals surface area contributed by atoms with Crippen LogP contribution >= 0.6 is 11.6 Å². The van der Waals surface area contributed by atoms with Gasteiger partial charge in [0.15, 0.2) is 5.82 Å². The minimum Gasteiger partial charge on any atom is -0.294 e. The number of halogens is 1. The second kappa shape index (κ2) is 6.63. The van der Waals surface area contributed by atoms with E-state index in [4.69, 9.17) is 16.6 Å². The zero-order valence-electron chi connectivity index (χ0n) is 13.1. The van der Waals surface area contributed by atoms with E-state index in [1.165, 1.54) is 5.56 Å². The molecule has 0 spiro atoms. The summed E-state index contributed by atoms with van der Waals surface area (Å²) in [5, 5.41) is 0.676. The predicted molar refractivity (Wildman–Crippen MR) is 92.3 cm³/mol. The van der Waals surface area contributed by atoms with Crippen LogP contribution in [-0.2, 0) is 19.5 Å². The van der Waals surface area contributed by atoms with Crippen LogP contribution in [0.15, 0.2) is 49.2 Å². The molecule has 6 heteroatoms. The highest BCUT2D eigenvalue weighted by Gasteiger charge is 2.19. The minimum atomic E-state index is 0.676. The summed E-state index contributed by atoms with van der Waals surface area (Å²) in [5.41, 5.74) is 4.45. The van der Waals surface area contributed by atoms with Gasteiger partial charge in [-0.3, -0.25) is 14.9 Å². The summed E-state index contributed by atoms with van der Waals surface area (Å²) in [6.07, 6.45) is 9.91. The molecule has 120 valence electrons. The van der Waals surface area contributed by atoms with Crippen LogP contribution in [0.5, 0.6) is 0 Å². The maximum atomic E-state index is 6.01. The van der Waals surface area contributed by atoms with Crippen LogP contribution in [0.3, 0.4) is 0 Å². The van der Waals surface area contributed by atoms with Gasteiger partial charge in [-0.25, -0.2) is 9.97 Å². The van der Waals surface area contributed by atoms with Gasteiger partial charge in [-0.2, -0.15) is 0 Å². The van der Waals surface area contributed by atoms with E-state index in [0.717, 1.165) is 48.7 Å². The van der Waals surface area contributed by atoms with Gasteiger partial charge >= 0.3 is 0 Å². The van der Waals surface area contributed by atoms with E-state index in [-0.39, 0.29) is 0 Å². The van der Waals surface area contributed by atoms with Gasteiger partial charge in [0.05, 0.1) is 10.7 Å². The number of nitrogens with zero attached hydrogens (tertiary/aromatic N) is 5. The first kappa shape index (κ1) is 15.2. The largest absolute Gasteiger partial charge is 0.294 e. The molecule has 3 aromatic rings. The molecule has 1 aliphatic rings. The van der Waals surface area contributed by atoms with Gasteiger partial charge in [0.25, 0.3) is 0 Å². The average Bonchev–Trinajstić information content (AvgIpc) is 2.62. The minimum absolute atomic E-state index is 0.676. The van der Waals surface area contributed by atoms with E-state index in [2.05, 4.69) is 19.9 Å². The van der Waals surface area contributed by atoms with Gasteiger partial charge < -0.3 is 0 Å². The van der Waals surface area contributed by atoms with Gasteiger partial charge in [-0.1, -0.05) is 11.6 Å². The fourth-order valence-electron chi connectivity index (χ4n) is 2.95. The van der Waals surface area contributed by atoms with Crippen molar-refractivity contribution in [2.24, 2.45) is 0 Å². The third-order valence-corrected chi connectivity index (χ3v) is 4.33. The summed E-state index contributed by atoms with van der Waals surface area (Å²) in [5.74, 6) is 0.767. The van der Waals surface area contributed by atoms with E-state index in [0.29, 0.717) is 5.02 Å². The number of hydrogen-bond acceptors (Lipinski definition) is 5. The molecule has 0 N–H and O–H groups in total. The van der Waals surface area contributed by atoms with Crippen molar-refractivity contribution >= 4 is 11.6 Å². The van der Waals surface area contributed by atoms with Crippen LogP contribution in [0.2, 0.25) is 5.02 Å². The summed E-state index contributed by atoms with van der Waals surface area (Å²) in [6.45, 7) is 2.64. The molecular weight excluding hydrogens is 322 g/mol. The Bertz CT molecular complexity index is 853. The Morgan fingerprint density at radius 2 is 1.96 bits per heavy atom. The van der Waals surface area contributed by atoms with Crippen LogP contribution < -0.4 is 0 Å². The summed E-state index contributed by atoms with van der Waals surface area (Å²) in [6, 6.07) is 5.83. The molecule has 0 aromatic carbocycles. The zero-order valence-corrected chi connectivity index (χ0v) is 13.8. The van der Waals surface area contributed by atoms with Crippen molar-refractivity contribution in [2.45, 2.75) is 19.5 Å². The normalized spacial score (nSPS) is 14.4. The second-order valence-corrected chi connectivity index (χ2v) is 6.31. The maximum absolute atomic E-state index is 6.01. The van der Waals surface area contributed by atoms with Crippen molar-refractivity contribution in [2.75, 3.05) is 6.54 Å². The van der Waals surface area contributed by atoms with Crippen LogP contribution in [0.1, 0.15) is 16.8 Å². The first-order valence-corrected chi connectivity index (χ1v) is 8.23. The van der Waals surface area contributed by atoms with Gasteiger partial charge in [0.2, 0.25) is 0 Å². The Morgan fingerprint density at radius 1 is 1.08 bits per heavy atom. The maximum Gasteiger partial charge on any atom is 0.159 e. The molecule has 0 saturated carbocycles. The quantitative estimate of drug-likeness (QED) is 0.735. The molecule has 0 fully saturated rings.